The van der Waals surface area contributed by atoms with Gasteiger partial charge in [0.1, 0.15) is 11.4 Å². The molecule has 0 saturated carbocycles. The van der Waals surface area contributed by atoms with Gasteiger partial charge < -0.3 is 14.8 Å². The van der Waals surface area contributed by atoms with Crippen molar-refractivity contribution in [2.45, 2.75) is 13.1 Å². The third-order valence-electron chi connectivity index (χ3n) is 4.86. The molecule has 166 valence electrons. The predicted molar refractivity (Wildman–Crippen MR) is 104 cm³/mol. The molecule has 0 fully saturated rings. The van der Waals surface area contributed by atoms with Gasteiger partial charge in [0, 0.05) is 7.11 Å². The van der Waals surface area contributed by atoms with Crippen molar-refractivity contribution in [1.82, 2.24) is 15.3 Å². The monoisotopic (exact) mass is 438 g/mol. The quantitative estimate of drug-likeness (QED) is 0.685. The van der Waals surface area contributed by atoms with Gasteiger partial charge in [0.2, 0.25) is 0 Å². The first-order chi connectivity index (χ1) is 14.6. The molecule has 31 heavy (non-hydrogen) atoms. The SMILES string of the molecule is COCCN1CC2(C)C=C(NC(=O)c3cccc(C(F)(F)F)n3)C(C(=O)OC)=CC2=N1. The van der Waals surface area contributed by atoms with Crippen LogP contribution in [0.5, 0.6) is 0 Å². The largest absolute Gasteiger partial charge is 0.465 e. The van der Waals surface area contributed by atoms with Crippen LogP contribution in [0.2, 0.25) is 0 Å². The van der Waals surface area contributed by atoms with Crippen LogP contribution in [0, 0.1) is 5.41 Å². The Morgan fingerprint density at radius 2 is 2.03 bits per heavy atom. The van der Waals surface area contributed by atoms with E-state index in [1.54, 1.807) is 18.2 Å². The molecule has 0 aromatic carbocycles. The van der Waals surface area contributed by atoms with Crippen LogP contribution < -0.4 is 5.32 Å². The zero-order valence-corrected chi connectivity index (χ0v) is 17.1. The molecule has 1 unspecified atom stereocenters. The number of ether oxygens (including phenoxy) is 2. The number of carbonyl (C=O) groups excluding carboxylic acids is 2. The van der Waals surface area contributed by atoms with Gasteiger partial charge in [-0.25, -0.2) is 9.78 Å². The number of nitrogens with zero attached hydrogens (tertiary/aromatic N) is 3. The third-order valence-corrected chi connectivity index (χ3v) is 4.86. The lowest BCUT2D eigenvalue weighted by atomic mass is 9.79. The van der Waals surface area contributed by atoms with E-state index in [0.717, 1.165) is 18.2 Å². The summed E-state index contributed by atoms with van der Waals surface area (Å²) in [5.41, 5.74) is -1.50. The van der Waals surface area contributed by atoms with Gasteiger partial charge in [0.25, 0.3) is 5.91 Å². The minimum atomic E-state index is -4.69. The van der Waals surface area contributed by atoms with Crippen LogP contribution in [0.15, 0.2) is 46.7 Å². The first-order valence-corrected chi connectivity index (χ1v) is 9.29. The summed E-state index contributed by atoms with van der Waals surface area (Å²) in [6.45, 7) is 3.32. The topological polar surface area (TPSA) is 93.1 Å². The van der Waals surface area contributed by atoms with Gasteiger partial charge in [0.05, 0.1) is 49.2 Å². The number of hydrogen-bond donors (Lipinski definition) is 1. The number of carbonyl (C=O) groups is 2. The maximum atomic E-state index is 12.9. The maximum Gasteiger partial charge on any atom is 0.433 e. The summed E-state index contributed by atoms with van der Waals surface area (Å²) < 4.78 is 48.6. The lowest BCUT2D eigenvalue weighted by molar-refractivity contribution is -0.141. The number of aromatic nitrogens is 1. The second-order valence-corrected chi connectivity index (χ2v) is 7.25. The van der Waals surface area contributed by atoms with Crippen molar-refractivity contribution < 1.29 is 32.2 Å². The van der Waals surface area contributed by atoms with Gasteiger partial charge in [-0.2, -0.15) is 18.3 Å². The summed E-state index contributed by atoms with van der Waals surface area (Å²) in [7, 11) is 2.76. The van der Waals surface area contributed by atoms with Gasteiger partial charge in [0.15, 0.2) is 0 Å². The molecular formula is C20H21F3N4O4. The number of halogens is 3. The third kappa shape index (κ3) is 4.76. The van der Waals surface area contributed by atoms with Crippen LogP contribution in [-0.2, 0) is 20.4 Å². The van der Waals surface area contributed by atoms with Crippen molar-refractivity contribution in [3.05, 3.63) is 53.0 Å². The summed E-state index contributed by atoms with van der Waals surface area (Å²) in [4.78, 5) is 28.3. The van der Waals surface area contributed by atoms with Crippen molar-refractivity contribution in [2.24, 2.45) is 10.5 Å². The number of hydrazone groups is 1. The zero-order valence-electron chi connectivity index (χ0n) is 17.1. The Morgan fingerprint density at radius 3 is 2.68 bits per heavy atom. The highest BCUT2D eigenvalue weighted by molar-refractivity contribution is 6.11. The number of methoxy groups -OCH3 is 2. The Kier molecular flexibility index (Phi) is 6.16. The molecule has 3 rings (SSSR count). The fourth-order valence-electron chi connectivity index (χ4n) is 3.30. The molecule has 2 heterocycles. The van der Waals surface area contributed by atoms with E-state index in [0.29, 0.717) is 25.4 Å². The molecule has 1 aliphatic carbocycles. The normalized spacial score (nSPS) is 20.5. The summed E-state index contributed by atoms with van der Waals surface area (Å²) in [5.74, 6) is -1.60. The second-order valence-electron chi connectivity index (χ2n) is 7.25. The fraction of sp³-hybridized carbons (Fsp3) is 0.400. The Morgan fingerprint density at radius 1 is 1.29 bits per heavy atom. The predicted octanol–water partition coefficient (Wildman–Crippen LogP) is 2.15. The summed E-state index contributed by atoms with van der Waals surface area (Å²) >= 11 is 0. The Labute approximate surface area is 176 Å². The molecule has 8 nitrogen and oxygen atoms in total. The first kappa shape index (κ1) is 22.5. The Balaban J connectivity index is 1.90. The van der Waals surface area contributed by atoms with Gasteiger partial charge in [-0.15, -0.1) is 0 Å². The standard InChI is InChI=1S/C20H21F3N4O4/c1-19-10-14(25-17(28)13-5-4-6-15(24-13)20(21,22)23)12(18(29)31-3)9-16(19)26-27(11-19)7-8-30-2/h4-6,9-10H,7-8,11H2,1-3H3,(H,25,28). The van der Waals surface area contributed by atoms with Crippen molar-refractivity contribution in [1.29, 1.82) is 0 Å². The van der Waals surface area contributed by atoms with Gasteiger partial charge in [-0.05, 0) is 31.2 Å². The van der Waals surface area contributed by atoms with Crippen LogP contribution in [0.25, 0.3) is 0 Å². The molecule has 0 saturated heterocycles. The summed E-state index contributed by atoms with van der Waals surface area (Å²) in [6.07, 6.45) is -1.53. The molecule has 0 bridgehead atoms. The van der Waals surface area contributed by atoms with E-state index in [2.05, 4.69) is 15.4 Å². The highest BCUT2D eigenvalue weighted by atomic mass is 19.4. The van der Waals surface area contributed by atoms with E-state index in [1.165, 1.54) is 13.2 Å². The lowest BCUT2D eigenvalue weighted by Gasteiger charge is -2.27. The number of amides is 1. The second kappa shape index (κ2) is 8.50. The number of allylic oxidation sites excluding steroid dienone is 1. The van der Waals surface area contributed by atoms with E-state index < -0.39 is 34.9 Å². The molecule has 1 atom stereocenters. The highest BCUT2D eigenvalue weighted by Gasteiger charge is 2.41. The Bertz CT molecular complexity index is 987. The van der Waals surface area contributed by atoms with Crippen LogP contribution in [0.3, 0.4) is 0 Å². The molecule has 11 heteroatoms. The van der Waals surface area contributed by atoms with Gasteiger partial charge in [-0.1, -0.05) is 6.07 Å². The number of fused-ring (bicyclic) bond motifs is 1. The average Bonchev–Trinajstić information content (AvgIpc) is 3.05. The fourth-order valence-corrected chi connectivity index (χ4v) is 3.30. The van der Waals surface area contributed by atoms with E-state index in [4.69, 9.17) is 9.47 Å². The van der Waals surface area contributed by atoms with E-state index in [9.17, 15) is 22.8 Å². The van der Waals surface area contributed by atoms with Crippen molar-refractivity contribution >= 4 is 17.6 Å². The summed E-state index contributed by atoms with van der Waals surface area (Å²) in [5, 5.41) is 8.77. The highest BCUT2D eigenvalue weighted by Crippen LogP contribution is 2.36. The minimum Gasteiger partial charge on any atom is -0.465 e. The molecule has 1 aromatic heterocycles. The molecule has 0 radical (unpaired) electrons. The zero-order chi connectivity index (χ0) is 22.8. The molecule has 2 aliphatic rings. The first-order valence-electron chi connectivity index (χ1n) is 9.29. The number of esters is 1. The van der Waals surface area contributed by atoms with Crippen LogP contribution in [-0.4, -0.2) is 61.5 Å². The number of rotatable bonds is 6. The smallest absolute Gasteiger partial charge is 0.433 e. The lowest BCUT2D eigenvalue weighted by Crippen LogP contribution is -2.37. The van der Waals surface area contributed by atoms with Gasteiger partial charge >= 0.3 is 12.1 Å². The molecule has 1 N–H and O–H groups in total. The number of hydrogen-bond acceptors (Lipinski definition) is 7. The molecule has 0 spiro atoms. The number of alkyl halides is 3. The summed E-state index contributed by atoms with van der Waals surface area (Å²) in [6, 6.07) is 3.02. The van der Waals surface area contributed by atoms with E-state index in [1.807, 2.05) is 6.92 Å². The number of nitrogens with one attached hydrogen (secondary N) is 1. The molecule has 1 aliphatic heterocycles. The van der Waals surface area contributed by atoms with Crippen LogP contribution in [0.4, 0.5) is 13.2 Å². The van der Waals surface area contributed by atoms with Crippen LogP contribution >= 0.6 is 0 Å². The maximum absolute atomic E-state index is 12.9. The van der Waals surface area contributed by atoms with E-state index >= 15 is 0 Å². The number of pyridine rings is 1. The van der Waals surface area contributed by atoms with E-state index in [-0.39, 0.29) is 11.3 Å². The van der Waals surface area contributed by atoms with Gasteiger partial charge in [-0.3, -0.25) is 9.80 Å². The Hall–Kier alpha value is -3.21. The van der Waals surface area contributed by atoms with Crippen LogP contribution in [0.1, 0.15) is 23.1 Å². The van der Waals surface area contributed by atoms with Crippen molar-refractivity contribution in [3.8, 4) is 0 Å². The molecule has 1 aromatic rings. The molecule has 1 amide bonds. The average molecular weight is 438 g/mol. The van der Waals surface area contributed by atoms with Crippen molar-refractivity contribution in [3.63, 3.8) is 0 Å². The minimum absolute atomic E-state index is 0.0349. The molecular weight excluding hydrogens is 417 g/mol. The van der Waals surface area contributed by atoms with Crippen molar-refractivity contribution in [2.75, 3.05) is 33.9 Å².